The number of anilines is 1. The number of piperazine rings is 1. The Morgan fingerprint density at radius 2 is 1.55 bits per heavy atom. The fourth-order valence-corrected chi connectivity index (χ4v) is 4.86. The van der Waals surface area contributed by atoms with Gasteiger partial charge in [0, 0.05) is 44.0 Å². The smallest absolute Gasteiger partial charge is 0.261 e. The van der Waals surface area contributed by atoms with Gasteiger partial charge in [0.15, 0.2) is 0 Å². The van der Waals surface area contributed by atoms with Gasteiger partial charge in [-0.15, -0.1) is 0 Å². The number of benzene rings is 2. The van der Waals surface area contributed by atoms with Gasteiger partial charge in [0.2, 0.25) is 0 Å². The summed E-state index contributed by atoms with van der Waals surface area (Å²) in [6.07, 6.45) is 1.33. The van der Waals surface area contributed by atoms with E-state index in [-0.39, 0.29) is 22.8 Å². The molecule has 0 aliphatic carbocycles. The van der Waals surface area contributed by atoms with Crippen molar-refractivity contribution in [3.05, 3.63) is 60.2 Å². The number of sulfonamides is 1. The van der Waals surface area contributed by atoms with Gasteiger partial charge in [-0.05, 0) is 49.2 Å². The third kappa shape index (κ3) is 4.88. The Morgan fingerprint density at radius 1 is 0.903 bits per heavy atom. The molecule has 4 rings (SSSR count). The van der Waals surface area contributed by atoms with Crippen molar-refractivity contribution in [3.63, 3.8) is 0 Å². The maximum atomic E-state index is 12.8. The fraction of sp³-hybridized carbons (Fsp3) is 0.364. The van der Waals surface area contributed by atoms with E-state index in [1.165, 1.54) is 12.1 Å². The molecule has 2 fully saturated rings. The molecule has 1 atom stereocenters. The van der Waals surface area contributed by atoms with Gasteiger partial charge in [-0.25, -0.2) is 8.42 Å². The average molecular weight is 444 g/mol. The molecule has 2 aromatic rings. The molecular weight excluding hydrogens is 418 g/mol. The van der Waals surface area contributed by atoms with Gasteiger partial charge in [0.1, 0.15) is 6.10 Å². The van der Waals surface area contributed by atoms with Crippen molar-refractivity contribution in [1.82, 2.24) is 9.80 Å². The normalized spacial score (nSPS) is 19.3. The van der Waals surface area contributed by atoms with Crippen molar-refractivity contribution in [3.8, 4) is 0 Å². The molecule has 2 aliphatic rings. The van der Waals surface area contributed by atoms with Crippen molar-refractivity contribution in [2.75, 3.05) is 37.5 Å². The molecule has 164 valence electrons. The first-order valence-corrected chi connectivity index (χ1v) is 11.8. The minimum atomic E-state index is -3.68. The minimum Gasteiger partial charge on any atom is -0.368 e. The Morgan fingerprint density at radius 3 is 2.16 bits per heavy atom. The molecule has 0 bridgehead atoms. The first-order chi connectivity index (χ1) is 14.9. The van der Waals surface area contributed by atoms with Gasteiger partial charge >= 0.3 is 0 Å². The van der Waals surface area contributed by atoms with E-state index in [0.29, 0.717) is 44.0 Å². The van der Waals surface area contributed by atoms with E-state index in [1.807, 2.05) is 0 Å². The molecule has 0 radical (unpaired) electrons. The highest BCUT2D eigenvalue weighted by Crippen LogP contribution is 2.19. The molecule has 0 saturated carbocycles. The molecule has 2 aliphatic heterocycles. The Kier molecular flexibility index (Phi) is 6.24. The van der Waals surface area contributed by atoms with Gasteiger partial charge in [-0.2, -0.15) is 0 Å². The number of nitrogens with zero attached hydrogens (tertiary/aromatic N) is 2. The maximum absolute atomic E-state index is 12.8. The Balaban J connectivity index is 1.34. The van der Waals surface area contributed by atoms with Gasteiger partial charge in [0.05, 0.1) is 4.90 Å². The Labute approximate surface area is 181 Å². The number of hydrogen-bond donors (Lipinski definition) is 1. The summed E-state index contributed by atoms with van der Waals surface area (Å²) in [5, 5.41) is 0. The van der Waals surface area contributed by atoms with Crippen LogP contribution in [-0.2, 0) is 19.6 Å². The van der Waals surface area contributed by atoms with Gasteiger partial charge in [-0.3, -0.25) is 14.3 Å². The number of nitrogens with one attached hydrogen (secondary N) is 1. The number of carbonyl (C=O) groups is 2. The molecule has 2 heterocycles. The van der Waals surface area contributed by atoms with E-state index in [1.54, 1.807) is 52.3 Å². The standard InChI is InChI=1S/C22H25N3O5S/c26-21(24-12-14-25(15-13-24)22(27)20-7-4-16-30-20)17-8-10-18(11-9-17)23-31(28,29)19-5-2-1-3-6-19/h1-3,5-6,8-11,20,23H,4,7,12-16H2. The zero-order chi connectivity index (χ0) is 21.8. The highest BCUT2D eigenvalue weighted by atomic mass is 32.2. The van der Waals surface area contributed by atoms with E-state index in [9.17, 15) is 18.0 Å². The Hall–Kier alpha value is -2.91. The summed E-state index contributed by atoms with van der Waals surface area (Å²) in [6.45, 7) is 2.52. The molecular formula is C22H25N3O5S. The van der Waals surface area contributed by atoms with E-state index in [0.717, 1.165) is 12.8 Å². The lowest BCUT2D eigenvalue weighted by molar-refractivity contribution is -0.142. The van der Waals surface area contributed by atoms with Crippen LogP contribution in [-0.4, -0.2) is 68.9 Å². The largest absolute Gasteiger partial charge is 0.368 e. The molecule has 1 N–H and O–H groups in total. The van der Waals surface area contributed by atoms with Crippen LogP contribution in [0.3, 0.4) is 0 Å². The van der Waals surface area contributed by atoms with Crippen molar-refractivity contribution in [2.24, 2.45) is 0 Å². The number of rotatable bonds is 5. The van der Waals surface area contributed by atoms with Crippen LogP contribution in [0.4, 0.5) is 5.69 Å². The zero-order valence-corrected chi connectivity index (χ0v) is 17.9. The van der Waals surface area contributed by atoms with Crippen molar-refractivity contribution >= 4 is 27.5 Å². The second-order valence-electron chi connectivity index (χ2n) is 7.62. The van der Waals surface area contributed by atoms with Crippen LogP contribution >= 0.6 is 0 Å². The second kappa shape index (κ2) is 9.07. The van der Waals surface area contributed by atoms with Crippen LogP contribution in [0.1, 0.15) is 23.2 Å². The predicted molar refractivity (Wildman–Crippen MR) is 115 cm³/mol. The molecule has 0 spiro atoms. The molecule has 1 unspecified atom stereocenters. The summed E-state index contributed by atoms with van der Waals surface area (Å²) < 4.78 is 32.8. The lowest BCUT2D eigenvalue weighted by atomic mass is 10.1. The third-order valence-corrected chi connectivity index (χ3v) is 6.92. The average Bonchev–Trinajstić information content (AvgIpc) is 3.34. The zero-order valence-electron chi connectivity index (χ0n) is 17.1. The predicted octanol–water partition coefficient (Wildman–Crippen LogP) is 1.95. The number of hydrogen-bond acceptors (Lipinski definition) is 5. The van der Waals surface area contributed by atoms with Crippen LogP contribution in [0, 0.1) is 0 Å². The Bertz CT molecular complexity index is 1030. The molecule has 31 heavy (non-hydrogen) atoms. The SMILES string of the molecule is O=C(c1ccc(NS(=O)(=O)c2ccccc2)cc1)N1CCN(C(=O)C2CCCO2)CC1. The van der Waals surface area contributed by atoms with E-state index in [2.05, 4.69) is 4.72 Å². The molecule has 0 aromatic heterocycles. The van der Waals surface area contributed by atoms with Crippen LogP contribution < -0.4 is 4.72 Å². The van der Waals surface area contributed by atoms with Crippen molar-refractivity contribution in [2.45, 2.75) is 23.8 Å². The van der Waals surface area contributed by atoms with Crippen LogP contribution in [0.15, 0.2) is 59.5 Å². The summed E-state index contributed by atoms with van der Waals surface area (Å²) in [6, 6.07) is 14.5. The summed E-state index contributed by atoms with van der Waals surface area (Å²) >= 11 is 0. The topological polar surface area (TPSA) is 96.0 Å². The third-order valence-electron chi connectivity index (χ3n) is 5.52. The first-order valence-electron chi connectivity index (χ1n) is 10.3. The van der Waals surface area contributed by atoms with E-state index >= 15 is 0 Å². The number of ether oxygens (including phenoxy) is 1. The molecule has 2 saturated heterocycles. The molecule has 9 heteroatoms. The van der Waals surface area contributed by atoms with Crippen LogP contribution in [0.5, 0.6) is 0 Å². The van der Waals surface area contributed by atoms with Gasteiger partial charge < -0.3 is 14.5 Å². The molecule has 8 nitrogen and oxygen atoms in total. The number of carbonyl (C=O) groups excluding carboxylic acids is 2. The van der Waals surface area contributed by atoms with Crippen molar-refractivity contribution < 1.29 is 22.7 Å². The number of amides is 2. The van der Waals surface area contributed by atoms with Crippen LogP contribution in [0.25, 0.3) is 0 Å². The summed E-state index contributed by atoms with van der Waals surface area (Å²) in [7, 11) is -3.68. The highest BCUT2D eigenvalue weighted by Gasteiger charge is 2.31. The van der Waals surface area contributed by atoms with Gasteiger partial charge in [0.25, 0.3) is 21.8 Å². The summed E-state index contributed by atoms with van der Waals surface area (Å²) in [5.41, 5.74) is 0.856. The summed E-state index contributed by atoms with van der Waals surface area (Å²) in [4.78, 5) is 28.9. The first kappa shape index (κ1) is 21.3. The maximum Gasteiger partial charge on any atom is 0.261 e. The minimum absolute atomic E-state index is 0.0136. The lowest BCUT2D eigenvalue weighted by Crippen LogP contribution is -2.52. The van der Waals surface area contributed by atoms with Crippen LogP contribution in [0.2, 0.25) is 0 Å². The second-order valence-corrected chi connectivity index (χ2v) is 9.30. The highest BCUT2D eigenvalue weighted by molar-refractivity contribution is 7.92. The van der Waals surface area contributed by atoms with E-state index < -0.39 is 10.0 Å². The fourth-order valence-electron chi connectivity index (χ4n) is 3.78. The molecule has 2 aromatic carbocycles. The lowest BCUT2D eigenvalue weighted by Gasteiger charge is -2.35. The van der Waals surface area contributed by atoms with E-state index in [4.69, 9.17) is 4.74 Å². The summed E-state index contributed by atoms with van der Waals surface area (Å²) in [5.74, 6) is -0.124. The van der Waals surface area contributed by atoms with Crippen molar-refractivity contribution in [1.29, 1.82) is 0 Å². The quantitative estimate of drug-likeness (QED) is 0.762. The molecule has 2 amide bonds. The monoisotopic (exact) mass is 443 g/mol. The van der Waals surface area contributed by atoms with Gasteiger partial charge in [-0.1, -0.05) is 18.2 Å².